The van der Waals surface area contributed by atoms with Gasteiger partial charge in [0.05, 0.1) is 11.1 Å². The SMILES string of the molecule is Nc1ccccc1-c1noc(-c2cccc3cc[nH]c23)n1. The maximum atomic E-state index is 5.95. The van der Waals surface area contributed by atoms with Crippen molar-refractivity contribution in [1.29, 1.82) is 0 Å². The zero-order chi connectivity index (χ0) is 14.2. The molecule has 0 aliphatic heterocycles. The number of aromatic nitrogens is 3. The van der Waals surface area contributed by atoms with Gasteiger partial charge in [-0.1, -0.05) is 29.4 Å². The summed E-state index contributed by atoms with van der Waals surface area (Å²) in [6.07, 6.45) is 1.89. The summed E-state index contributed by atoms with van der Waals surface area (Å²) >= 11 is 0. The first kappa shape index (κ1) is 11.7. The van der Waals surface area contributed by atoms with Crippen molar-refractivity contribution in [2.24, 2.45) is 0 Å². The van der Waals surface area contributed by atoms with Crippen LogP contribution in [-0.4, -0.2) is 15.1 Å². The van der Waals surface area contributed by atoms with E-state index in [1.165, 1.54) is 0 Å². The summed E-state index contributed by atoms with van der Waals surface area (Å²) in [6.45, 7) is 0. The van der Waals surface area contributed by atoms with Crippen LogP contribution in [0, 0.1) is 0 Å². The molecule has 3 N–H and O–H groups in total. The molecule has 0 aliphatic carbocycles. The van der Waals surface area contributed by atoms with Gasteiger partial charge in [-0.05, 0) is 24.3 Å². The molecule has 0 atom stereocenters. The van der Waals surface area contributed by atoms with Crippen LogP contribution in [0.5, 0.6) is 0 Å². The zero-order valence-corrected chi connectivity index (χ0v) is 11.1. The number of nitrogen functional groups attached to an aromatic ring is 1. The number of nitrogens with one attached hydrogen (secondary N) is 1. The molecule has 4 aromatic rings. The van der Waals surface area contributed by atoms with Crippen LogP contribution in [0.25, 0.3) is 33.7 Å². The summed E-state index contributed by atoms with van der Waals surface area (Å²) in [5, 5.41) is 5.14. The number of rotatable bonds is 2. The van der Waals surface area contributed by atoms with Crippen LogP contribution in [-0.2, 0) is 0 Å². The highest BCUT2D eigenvalue weighted by molar-refractivity contribution is 5.92. The molecule has 0 aliphatic rings. The molecule has 0 saturated carbocycles. The van der Waals surface area contributed by atoms with Crippen LogP contribution in [0.3, 0.4) is 0 Å². The van der Waals surface area contributed by atoms with E-state index in [9.17, 15) is 0 Å². The molecule has 0 radical (unpaired) electrons. The zero-order valence-electron chi connectivity index (χ0n) is 11.1. The molecule has 0 saturated heterocycles. The average Bonchev–Trinajstić information content (AvgIpc) is 3.16. The minimum absolute atomic E-state index is 0.473. The molecule has 0 fully saturated rings. The van der Waals surface area contributed by atoms with Gasteiger partial charge in [0.2, 0.25) is 5.82 Å². The molecule has 21 heavy (non-hydrogen) atoms. The maximum Gasteiger partial charge on any atom is 0.260 e. The topological polar surface area (TPSA) is 80.7 Å². The minimum atomic E-state index is 0.473. The minimum Gasteiger partial charge on any atom is -0.398 e. The van der Waals surface area contributed by atoms with Crippen LogP contribution in [0.4, 0.5) is 5.69 Å². The summed E-state index contributed by atoms with van der Waals surface area (Å²) < 4.78 is 5.40. The summed E-state index contributed by atoms with van der Waals surface area (Å²) in [7, 11) is 0. The third-order valence-corrected chi connectivity index (χ3v) is 3.45. The lowest BCUT2D eigenvalue weighted by Gasteiger charge is -1.98. The van der Waals surface area contributed by atoms with Gasteiger partial charge in [-0.3, -0.25) is 0 Å². The molecule has 0 amide bonds. The Balaban J connectivity index is 1.85. The fourth-order valence-corrected chi connectivity index (χ4v) is 2.41. The maximum absolute atomic E-state index is 5.95. The van der Waals surface area contributed by atoms with Crippen molar-refractivity contribution >= 4 is 16.6 Å². The Morgan fingerprint density at radius 3 is 2.71 bits per heavy atom. The highest BCUT2D eigenvalue weighted by Crippen LogP contribution is 2.29. The second-order valence-electron chi connectivity index (χ2n) is 4.76. The number of nitrogens with two attached hydrogens (primary N) is 1. The first-order chi connectivity index (χ1) is 10.3. The molecule has 4 rings (SSSR count). The van der Waals surface area contributed by atoms with Gasteiger partial charge in [-0.15, -0.1) is 0 Å². The van der Waals surface area contributed by atoms with Crippen molar-refractivity contribution in [2.75, 3.05) is 5.73 Å². The van der Waals surface area contributed by atoms with Gasteiger partial charge >= 0.3 is 0 Å². The largest absolute Gasteiger partial charge is 0.398 e. The van der Waals surface area contributed by atoms with E-state index in [2.05, 4.69) is 15.1 Å². The van der Waals surface area contributed by atoms with Crippen molar-refractivity contribution in [3.05, 3.63) is 54.7 Å². The second-order valence-corrected chi connectivity index (χ2v) is 4.76. The van der Waals surface area contributed by atoms with E-state index in [0.717, 1.165) is 22.0 Å². The summed E-state index contributed by atoms with van der Waals surface area (Å²) in [5.74, 6) is 0.966. The monoisotopic (exact) mass is 276 g/mol. The standard InChI is InChI=1S/C16H12N4O/c17-13-7-2-1-5-11(13)15-19-16(21-20-15)12-6-3-4-10-8-9-18-14(10)12/h1-9,18H,17H2. The van der Waals surface area contributed by atoms with Crippen LogP contribution in [0.15, 0.2) is 59.3 Å². The Kier molecular flexibility index (Phi) is 2.50. The summed E-state index contributed by atoms with van der Waals surface area (Å²) in [4.78, 5) is 7.66. The van der Waals surface area contributed by atoms with Crippen molar-refractivity contribution in [3.8, 4) is 22.8 Å². The van der Waals surface area contributed by atoms with Crippen LogP contribution in [0.1, 0.15) is 0 Å². The van der Waals surface area contributed by atoms with E-state index in [0.29, 0.717) is 17.4 Å². The second kappa shape index (κ2) is 4.49. The van der Waals surface area contributed by atoms with Gasteiger partial charge in [-0.25, -0.2) is 0 Å². The van der Waals surface area contributed by atoms with Gasteiger partial charge in [-0.2, -0.15) is 4.98 Å². The number of aromatic amines is 1. The van der Waals surface area contributed by atoms with Crippen molar-refractivity contribution < 1.29 is 4.52 Å². The first-order valence-corrected chi connectivity index (χ1v) is 6.58. The molecule has 2 aromatic carbocycles. The molecule has 0 bridgehead atoms. The predicted molar refractivity (Wildman–Crippen MR) is 81.4 cm³/mol. The Bertz CT molecular complexity index is 923. The van der Waals surface area contributed by atoms with E-state index < -0.39 is 0 Å². The first-order valence-electron chi connectivity index (χ1n) is 6.58. The lowest BCUT2D eigenvalue weighted by Crippen LogP contribution is -1.90. The third kappa shape index (κ3) is 1.87. The van der Waals surface area contributed by atoms with Gasteiger partial charge < -0.3 is 15.2 Å². The molecule has 2 aromatic heterocycles. The summed E-state index contributed by atoms with van der Waals surface area (Å²) in [6, 6.07) is 15.4. The lowest BCUT2D eigenvalue weighted by atomic mass is 10.1. The lowest BCUT2D eigenvalue weighted by molar-refractivity contribution is 0.432. The highest BCUT2D eigenvalue weighted by Gasteiger charge is 2.14. The Morgan fingerprint density at radius 1 is 0.952 bits per heavy atom. The quantitative estimate of drug-likeness (QED) is 0.549. The highest BCUT2D eigenvalue weighted by atomic mass is 16.5. The number of hydrogen-bond acceptors (Lipinski definition) is 4. The van der Waals surface area contributed by atoms with E-state index in [1.54, 1.807) is 0 Å². The van der Waals surface area contributed by atoms with E-state index in [1.807, 2.05) is 54.7 Å². The molecule has 0 unspecified atom stereocenters. The molecular weight excluding hydrogens is 264 g/mol. The number of hydrogen-bond donors (Lipinski definition) is 2. The smallest absolute Gasteiger partial charge is 0.260 e. The van der Waals surface area contributed by atoms with Crippen molar-refractivity contribution in [1.82, 2.24) is 15.1 Å². The fourth-order valence-electron chi connectivity index (χ4n) is 2.41. The Morgan fingerprint density at radius 2 is 1.81 bits per heavy atom. The van der Waals surface area contributed by atoms with Crippen LogP contribution < -0.4 is 5.73 Å². The van der Waals surface area contributed by atoms with E-state index >= 15 is 0 Å². The number of benzene rings is 2. The normalized spacial score (nSPS) is 11.0. The number of anilines is 1. The Labute approximate surface area is 120 Å². The van der Waals surface area contributed by atoms with Gasteiger partial charge in [0.15, 0.2) is 0 Å². The van der Waals surface area contributed by atoms with Crippen molar-refractivity contribution in [3.63, 3.8) is 0 Å². The molecule has 2 heterocycles. The summed E-state index contributed by atoms with van der Waals surface area (Å²) in [5.41, 5.74) is 9.20. The van der Waals surface area contributed by atoms with Crippen molar-refractivity contribution in [2.45, 2.75) is 0 Å². The number of para-hydroxylation sites is 2. The third-order valence-electron chi connectivity index (χ3n) is 3.45. The molecular formula is C16H12N4O. The number of nitrogens with zero attached hydrogens (tertiary/aromatic N) is 2. The molecule has 102 valence electrons. The predicted octanol–water partition coefficient (Wildman–Crippen LogP) is 3.47. The van der Waals surface area contributed by atoms with Gasteiger partial charge in [0.1, 0.15) is 0 Å². The molecule has 5 heteroatoms. The fraction of sp³-hybridized carbons (Fsp3) is 0. The molecule has 5 nitrogen and oxygen atoms in total. The van der Waals surface area contributed by atoms with Gasteiger partial charge in [0.25, 0.3) is 5.89 Å². The van der Waals surface area contributed by atoms with Crippen LogP contribution >= 0.6 is 0 Å². The van der Waals surface area contributed by atoms with E-state index in [4.69, 9.17) is 10.3 Å². The van der Waals surface area contributed by atoms with Gasteiger partial charge in [0, 0.05) is 22.8 Å². The average molecular weight is 276 g/mol. The van der Waals surface area contributed by atoms with E-state index in [-0.39, 0.29) is 0 Å². The Hall–Kier alpha value is -3.08. The number of fused-ring (bicyclic) bond motifs is 1. The molecule has 0 spiro atoms. The van der Waals surface area contributed by atoms with Crippen LogP contribution in [0.2, 0.25) is 0 Å². The number of H-pyrrole nitrogens is 1.